The molecular weight excluding hydrogens is 122 g/mol. The average molecular weight is 128 g/mol. The Labute approximate surface area is 51.9 Å². The second-order valence-electron chi connectivity index (χ2n) is 1.53. The van der Waals surface area contributed by atoms with Gasteiger partial charge in [0.25, 0.3) is 0 Å². The van der Waals surface area contributed by atoms with Crippen molar-refractivity contribution in [1.29, 1.82) is 0 Å². The Morgan fingerprint density at radius 3 is 2.44 bits per heavy atom. The van der Waals surface area contributed by atoms with Crippen molar-refractivity contribution < 1.29 is 9.84 Å². The average Bonchev–Trinajstić information content (AvgIpc) is 2.15. The largest absolute Gasteiger partial charge is 0.844 e. The van der Waals surface area contributed by atoms with Crippen LogP contribution in [0, 0.1) is 0 Å². The second-order valence-corrected chi connectivity index (χ2v) is 1.53. The Morgan fingerprint density at radius 2 is 2.22 bits per heavy atom. The van der Waals surface area contributed by atoms with Gasteiger partial charge in [0.2, 0.25) is 0 Å². The van der Waals surface area contributed by atoms with Gasteiger partial charge < -0.3 is 9.84 Å². The fourth-order valence-corrected chi connectivity index (χ4v) is 0.479. The zero-order valence-corrected chi connectivity index (χ0v) is 5.16. The van der Waals surface area contributed by atoms with Crippen molar-refractivity contribution in [2.24, 2.45) is 7.05 Å². The molecule has 0 spiro atoms. The Kier molecular flexibility index (Phi) is 1.26. The van der Waals surface area contributed by atoms with Gasteiger partial charge >= 0.3 is 6.01 Å². The summed E-state index contributed by atoms with van der Waals surface area (Å²) in [5.74, 6) is 0. The highest BCUT2D eigenvalue weighted by atomic mass is 16.5. The molecule has 50 valence electrons. The molecule has 0 radical (unpaired) electrons. The smallest absolute Gasteiger partial charge is 0.315 e. The minimum Gasteiger partial charge on any atom is -0.844 e. The van der Waals surface area contributed by atoms with Crippen LogP contribution in [-0.2, 0) is 7.05 Å². The molecule has 0 saturated carbocycles. The van der Waals surface area contributed by atoms with E-state index < -0.39 is 6.01 Å². The summed E-state index contributed by atoms with van der Waals surface area (Å²) in [6, 6.07) is -0.160. The quantitative estimate of drug-likeness (QED) is 0.481. The first-order chi connectivity index (χ1) is 4.25. The van der Waals surface area contributed by atoms with E-state index in [4.69, 9.17) is 0 Å². The lowest BCUT2D eigenvalue weighted by molar-refractivity contribution is -0.285. The molecule has 0 fully saturated rings. The maximum Gasteiger partial charge on any atom is 0.315 e. The predicted molar refractivity (Wildman–Crippen MR) is 27.0 cm³/mol. The van der Waals surface area contributed by atoms with Crippen molar-refractivity contribution in [1.82, 2.24) is 14.8 Å². The van der Waals surface area contributed by atoms with Crippen molar-refractivity contribution >= 4 is 0 Å². The van der Waals surface area contributed by atoms with Crippen molar-refractivity contribution in [3.8, 4) is 12.0 Å². The van der Waals surface area contributed by atoms with Crippen LogP contribution in [0.25, 0.3) is 0 Å². The van der Waals surface area contributed by atoms with Gasteiger partial charge in [-0.2, -0.15) is 0 Å². The van der Waals surface area contributed by atoms with Crippen LogP contribution in [0.1, 0.15) is 0 Å². The van der Waals surface area contributed by atoms with Gasteiger partial charge in [0, 0.05) is 7.05 Å². The van der Waals surface area contributed by atoms with E-state index in [9.17, 15) is 5.11 Å². The summed E-state index contributed by atoms with van der Waals surface area (Å²) in [6.45, 7) is 0. The SMILES string of the molecule is COc1nnc([O-])n1C. The van der Waals surface area contributed by atoms with Gasteiger partial charge in [0.05, 0.1) is 13.1 Å². The summed E-state index contributed by atoms with van der Waals surface area (Å²) in [7, 11) is 2.98. The predicted octanol–water partition coefficient (Wildman–Crippen LogP) is -1.10. The molecule has 9 heavy (non-hydrogen) atoms. The summed E-state index contributed by atoms with van der Waals surface area (Å²) >= 11 is 0. The summed E-state index contributed by atoms with van der Waals surface area (Å²) in [5, 5.41) is 17.1. The molecule has 0 saturated heterocycles. The number of rotatable bonds is 1. The van der Waals surface area contributed by atoms with Gasteiger partial charge in [-0.05, 0) is 0 Å². The second kappa shape index (κ2) is 1.93. The molecule has 1 aromatic heterocycles. The normalized spacial score (nSPS) is 9.56. The molecule has 1 aromatic rings. The highest BCUT2D eigenvalue weighted by Gasteiger charge is 1.97. The number of nitrogens with zero attached hydrogens (tertiary/aromatic N) is 3. The van der Waals surface area contributed by atoms with E-state index in [-0.39, 0.29) is 6.01 Å². The van der Waals surface area contributed by atoms with Gasteiger partial charge in [0.15, 0.2) is 0 Å². The molecule has 0 aliphatic heterocycles. The first kappa shape index (κ1) is 5.87. The Balaban J connectivity index is 3.04. The summed E-state index contributed by atoms with van der Waals surface area (Å²) in [4.78, 5) is 0. The molecule has 0 N–H and O–H groups in total. The molecule has 0 unspecified atom stereocenters. The Bertz CT molecular complexity index is 208. The van der Waals surface area contributed by atoms with Crippen LogP contribution in [0.3, 0.4) is 0 Å². The van der Waals surface area contributed by atoms with Crippen LogP contribution < -0.4 is 9.84 Å². The van der Waals surface area contributed by atoms with Crippen LogP contribution in [0.2, 0.25) is 0 Å². The molecule has 0 aromatic carbocycles. The highest BCUT2D eigenvalue weighted by Crippen LogP contribution is 2.07. The van der Waals surface area contributed by atoms with Crippen molar-refractivity contribution in [2.45, 2.75) is 0 Å². The third kappa shape index (κ3) is 0.802. The summed E-state index contributed by atoms with van der Waals surface area (Å²) < 4.78 is 5.88. The molecule has 0 atom stereocenters. The van der Waals surface area contributed by atoms with Gasteiger partial charge in [0.1, 0.15) is 0 Å². The molecule has 5 heteroatoms. The lowest BCUT2D eigenvalue weighted by atomic mass is 11.0. The van der Waals surface area contributed by atoms with Crippen LogP contribution in [0.5, 0.6) is 12.0 Å². The van der Waals surface area contributed by atoms with Crippen LogP contribution >= 0.6 is 0 Å². The maximum atomic E-state index is 10.5. The Morgan fingerprint density at radius 1 is 1.56 bits per heavy atom. The molecule has 1 heterocycles. The molecule has 0 aliphatic rings. The zero-order chi connectivity index (χ0) is 6.85. The number of methoxy groups -OCH3 is 1. The lowest BCUT2D eigenvalue weighted by Gasteiger charge is -2.02. The van der Waals surface area contributed by atoms with E-state index >= 15 is 0 Å². The standard InChI is InChI=1S/C4H7N3O2/c1-7-3(8)5-6-4(7)9-2/h1-2H3,(H,5,8)/p-1. The Hall–Kier alpha value is -1.26. The fraction of sp³-hybridized carbons (Fsp3) is 0.500. The molecule has 0 bridgehead atoms. The maximum absolute atomic E-state index is 10.5. The molecule has 0 amide bonds. The number of ether oxygens (including phenoxy) is 1. The summed E-state index contributed by atoms with van der Waals surface area (Å²) in [5.41, 5.74) is 0. The van der Waals surface area contributed by atoms with Crippen LogP contribution in [0.15, 0.2) is 0 Å². The first-order valence-electron chi connectivity index (χ1n) is 2.36. The third-order valence-electron chi connectivity index (χ3n) is 0.978. The highest BCUT2D eigenvalue weighted by molar-refractivity contribution is 5.00. The van der Waals surface area contributed by atoms with Crippen molar-refractivity contribution in [3.05, 3.63) is 0 Å². The lowest BCUT2D eigenvalue weighted by Crippen LogP contribution is -2.01. The van der Waals surface area contributed by atoms with E-state index in [2.05, 4.69) is 14.9 Å². The van der Waals surface area contributed by atoms with E-state index in [1.54, 1.807) is 7.05 Å². The van der Waals surface area contributed by atoms with Crippen molar-refractivity contribution in [3.63, 3.8) is 0 Å². The van der Waals surface area contributed by atoms with Gasteiger partial charge in [-0.15, -0.1) is 5.10 Å². The van der Waals surface area contributed by atoms with Gasteiger partial charge in [-0.1, -0.05) is 5.10 Å². The third-order valence-corrected chi connectivity index (χ3v) is 0.978. The topological polar surface area (TPSA) is 63.0 Å². The van der Waals surface area contributed by atoms with E-state index in [1.807, 2.05) is 0 Å². The monoisotopic (exact) mass is 128 g/mol. The molecule has 1 rings (SSSR count). The first-order valence-corrected chi connectivity index (χ1v) is 2.36. The van der Waals surface area contributed by atoms with Crippen LogP contribution in [0.4, 0.5) is 0 Å². The number of hydrogen-bond acceptors (Lipinski definition) is 4. The molecular formula is C4H6N3O2-. The van der Waals surface area contributed by atoms with Crippen molar-refractivity contribution in [2.75, 3.05) is 7.11 Å². The summed E-state index contributed by atoms with van der Waals surface area (Å²) in [6.07, 6.45) is 0. The molecule has 5 nitrogen and oxygen atoms in total. The van der Waals surface area contributed by atoms with E-state index in [0.717, 1.165) is 0 Å². The minimum atomic E-state index is -0.396. The number of hydrogen-bond donors (Lipinski definition) is 0. The van der Waals surface area contributed by atoms with Gasteiger partial charge in [-0.25, -0.2) is 0 Å². The fourth-order valence-electron chi connectivity index (χ4n) is 0.479. The molecule has 0 aliphatic carbocycles. The van der Waals surface area contributed by atoms with Gasteiger partial charge in [-0.3, -0.25) is 4.57 Å². The zero-order valence-electron chi connectivity index (χ0n) is 5.16. The van der Waals surface area contributed by atoms with E-state index in [1.165, 1.54) is 11.7 Å². The minimum absolute atomic E-state index is 0.236. The number of aromatic nitrogens is 3. The van der Waals surface area contributed by atoms with Crippen LogP contribution in [-0.4, -0.2) is 21.9 Å². The van der Waals surface area contributed by atoms with E-state index in [0.29, 0.717) is 0 Å².